The second kappa shape index (κ2) is 13.9. The van der Waals surface area contributed by atoms with E-state index in [1.165, 1.54) is 75.8 Å². The number of piperidine rings is 2. The zero-order chi connectivity index (χ0) is 22.6. The summed E-state index contributed by atoms with van der Waals surface area (Å²) < 4.78 is 0. The molecule has 2 N–H and O–H groups in total. The van der Waals surface area contributed by atoms with E-state index in [2.05, 4.69) is 81.1 Å². The van der Waals surface area contributed by atoms with Crippen molar-refractivity contribution in [1.82, 2.24) is 20.4 Å². The largest absolute Gasteiger partial charge is 0.309 e. The van der Waals surface area contributed by atoms with Crippen LogP contribution in [0.5, 0.6) is 0 Å². The van der Waals surface area contributed by atoms with Crippen molar-refractivity contribution >= 4 is 0 Å². The summed E-state index contributed by atoms with van der Waals surface area (Å²) in [5, 5.41) is 7.77. The number of rotatable bonds is 12. The number of likely N-dealkylation sites (tertiary alicyclic amines) is 2. The fourth-order valence-electron chi connectivity index (χ4n) is 5.39. The molecule has 0 saturated carbocycles. The van der Waals surface area contributed by atoms with E-state index < -0.39 is 0 Å². The minimum absolute atomic E-state index is 0.419. The van der Waals surface area contributed by atoms with Crippen LogP contribution in [-0.4, -0.2) is 62.2 Å². The standard InChI is InChI=1S/C29H44N4/c1-5-14-26(15-6-1)28(24-32-20-9-3-10-21-32)30-18-13-19-31-29(27-16-7-2-8-17-27)25-33-22-11-4-12-23-33/h1-2,5-8,14-17,28-31H,3-4,9-13,18-25H2. The van der Waals surface area contributed by atoms with Crippen LogP contribution in [0.3, 0.4) is 0 Å². The maximum Gasteiger partial charge on any atom is 0.0449 e. The molecule has 2 saturated heterocycles. The Morgan fingerprint density at radius 3 is 1.33 bits per heavy atom. The molecule has 2 heterocycles. The summed E-state index contributed by atoms with van der Waals surface area (Å²) in [5.41, 5.74) is 2.84. The van der Waals surface area contributed by atoms with Gasteiger partial charge in [-0.1, -0.05) is 73.5 Å². The molecule has 0 bridgehead atoms. The van der Waals surface area contributed by atoms with E-state index in [4.69, 9.17) is 0 Å². The van der Waals surface area contributed by atoms with Crippen LogP contribution in [0, 0.1) is 0 Å². The summed E-state index contributed by atoms with van der Waals surface area (Å²) in [6.45, 7) is 9.35. The Bertz CT molecular complexity index is 688. The summed E-state index contributed by atoms with van der Waals surface area (Å²) in [4.78, 5) is 5.30. The summed E-state index contributed by atoms with van der Waals surface area (Å²) in [7, 11) is 0. The fourth-order valence-corrected chi connectivity index (χ4v) is 5.39. The first-order chi connectivity index (χ1) is 16.4. The summed E-state index contributed by atoms with van der Waals surface area (Å²) in [6, 6.07) is 22.9. The van der Waals surface area contributed by atoms with Crippen LogP contribution < -0.4 is 10.6 Å². The predicted molar refractivity (Wildman–Crippen MR) is 140 cm³/mol. The Morgan fingerprint density at radius 1 is 0.545 bits per heavy atom. The van der Waals surface area contributed by atoms with Gasteiger partial charge in [0, 0.05) is 25.2 Å². The van der Waals surface area contributed by atoms with Crippen molar-refractivity contribution in [2.24, 2.45) is 0 Å². The molecule has 4 heteroatoms. The van der Waals surface area contributed by atoms with Crippen molar-refractivity contribution in [1.29, 1.82) is 0 Å². The average Bonchev–Trinajstić information content (AvgIpc) is 2.89. The molecule has 4 nitrogen and oxygen atoms in total. The molecule has 0 aliphatic carbocycles. The first kappa shape index (κ1) is 24.4. The number of nitrogens with zero attached hydrogens (tertiary/aromatic N) is 2. The predicted octanol–water partition coefficient (Wildman–Crippen LogP) is 5.01. The molecule has 2 aromatic rings. The van der Waals surface area contributed by atoms with Gasteiger partial charge < -0.3 is 20.4 Å². The Hall–Kier alpha value is -1.72. The van der Waals surface area contributed by atoms with Crippen LogP contribution >= 0.6 is 0 Å². The molecule has 0 spiro atoms. The second-order valence-corrected chi connectivity index (χ2v) is 9.91. The lowest BCUT2D eigenvalue weighted by Crippen LogP contribution is -2.40. The minimum atomic E-state index is 0.419. The molecule has 2 fully saturated rings. The molecule has 180 valence electrons. The molecule has 0 amide bonds. The van der Waals surface area contributed by atoms with Crippen LogP contribution in [0.15, 0.2) is 60.7 Å². The van der Waals surface area contributed by atoms with Crippen LogP contribution in [0.1, 0.15) is 68.2 Å². The van der Waals surface area contributed by atoms with Crippen molar-refractivity contribution in [3.63, 3.8) is 0 Å². The zero-order valence-corrected chi connectivity index (χ0v) is 20.4. The lowest BCUT2D eigenvalue weighted by atomic mass is 10.0. The SMILES string of the molecule is c1ccc(C(CN2CCCCC2)NCCCNC(CN2CCCCC2)c2ccccc2)cc1. The maximum atomic E-state index is 3.89. The van der Waals surface area contributed by atoms with Gasteiger partial charge in [-0.15, -0.1) is 0 Å². The van der Waals surface area contributed by atoms with Crippen molar-refractivity contribution in [2.45, 2.75) is 57.0 Å². The molecule has 0 aromatic heterocycles. The van der Waals surface area contributed by atoms with Crippen LogP contribution in [-0.2, 0) is 0 Å². The number of benzene rings is 2. The van der Waals surface area contributed by atoms with Gasteiger partial charge in [0.05, 0.1) is 0 Å². The van der Waals surface area contributed by atoms with E-state index in [9.17, 15) is 0 Å². The van der Waals surface area contributed by atoms with Gasteiger partial charge >= 0.3 is 0 Å². The van der Waals surface area contributed by atoms with Gasteiger partial charge in [-0.05, 0) is 82.5 Å². The number of hydrogen-bond donors (Lipinski definition) is 2. The normalized spacial score (nSPS) is 19.9. The third-order valence-corrected chi connectivity index (χ3v) is 7.32. The highest BCUT2D eigenvalue weighted by Crippen LogP contribution is 2.19. The van der Waals surface area contributed by atoms with Gasteiger partial charge in [-0.2, -0.15) is 0 Å². The second-order valence-electron chi connectivity index (χ2n) is 9.91. The minimum Gasteiger partial charge on any atom is -0.309 e. The molecule has 2 aliphatic rings. The van der Waals surface area contributed by atoms with Gasteiger partial charge in [-0.25, -0.2) is 0 Å². The highest BCUT2D eigenvalue weighted by Gasteiger charge is 2.19. The third kappa shape index (κ3) is 8.22. The molecule has 2 aliphatic heterocycles. The van der Waals surface area contributed by atoms with E-state index in [1.807, 2.05) is 0 Å². The van der Waals surface area contributed by atoms with Crippen LogP contribution in [0.2, 0.25) is 0 Å². The van der Waals surface area contributed by atoms with Crippen LogP contribution in [0.25, 0.3) is 0 Å². The van der Waals surface area contributed by atoms with E-state index >= 15 is 0 Å². The number of hydrogen-bond acceptors (Lipinski definition) is 4. The van der Waals surface area contributed by atoms with Crippen molar-refractivity contribution in [2.75, 3.05) is 52.4 Å². The monoisotopic (exact) mass is 448 g/mol. The summed E-state index contributed by atoms with van der Waals surface area (Å²) in [5.74, 6) is 0. The molecule has 2 aromatic carbocycles. The molecular weight excluding hydrogens is 404 g/mol. The molecule has 0 radical (unpaired) electrons. The molecular formula is C29H44N4. The van der Waals surface area contributed by atoms with Crippen molar-refractivity contribution in [3.05, 3.63) is 71.8 Å². The Labute approximate surface area is 201 Å². The highest BCUT2D eigenvalue weighted by atomic mass is 15.2. The lowest BCUT2D eigenvalue weighted by Gasteiger charge is -2.32. The molecule has 2 unspecified atom stereocenters. The zero-order valence-electron chi connectivity index (χ0n) is 20.4. The number of nitrogens with one attached hydrogen (secondary N) is 2. The smallest absolute Gasteiger partial charge is 0.0449 e. The van der Waals surface area contributed by atoms with E-state index in [0.717, 1.165) is 32.6 Å². The highest BCUT2D eigenvalue weighted by molar-refractivity contribution is 5.20. The Morgan fingerprint density at radius 2 is 0.939 bits per heavy atom. The Balaban J connectivity index is 1.26. The van der Waals surface area contributed by atoms with Crippen molar-refractivity contribution in [3.8, 4) is 0 Å². The molecule has 2 atom stereocenters. The first-order valence-electron chi connectivity index (χ1n) is 13.4. The van der Waals surface area contributed by atoms with Gasteiger partial charge in [-0.3, -0.25) is 0 Å². The third-order valence-electron chi connectivity index (χ3n) is 7.32. The molecule has 33 heavy (non-hydrogen) atoms. The molecule has 4 rings (SSSR count). The van der Waals surface area contributed by atoms with E-state index in [1.54, 1.807) is 0 Å². The van der Waals surface area contributed by atoms with E-state index in [-0.39, 0.29) is 0 Å². The Kier molecular flexibility index (Phi) is 10.2. The van der Waals surface area contributed by atoms with E-state index in [0.29, 0.717) is 12.1 Å². The van der Waals surface area contributed by atoms with Crippen LogP contribution in [0.4, 0.5) is 0 Å². The van der Waals surface area contributed by atoms with Gasteiger partial charge in [0.1, 0.15) is 0 Å². The van der Waals surface area contributed by atoms with Gasteiger partial charge in [0.2, 0.25) is 0 Å². The van der Waals surface area contributed by atoms with Crippen molar-refractivity contribution < 1.29 is 0 Å². The first-order valence-corrected chi connectivity index (χ1v) is 13.4. The maximum absolute atomic E-state index is 3.89. The quantitative estimate of drug-likeness (QED) is 0.447. The summed E-state index contributed by atoms with van der Waals surface area (Å²) >= 11 is 0. The topological polar surface area (TPSA) is 30.5 Å². The van der Waals surface area contributed by atoms with Gasteiger partial charge in [0.25, 0.3) is 0 Å². The van der Waals surface area contributed by atoms with Gasteiger partial charge in [0.15, 0.2) is 0 Å². The average molecular weight is 449 g/mol. The summed E-state index contributed by atoms with van der Waals surface area (Å²) in [6.07, 6.45) is 9.34. The fraction of sp³-hybridized carbons (Fsp3) is 0.586. The lowest BCUT2D eigenvalue weighted by molar-refractivity contribution is 0.202.